The van der Waals surface area contributed by atoms with Gasteiger partial charge in [0.2, 0.25) is 0 Å². The molecule has 0 aromatic carbocycles. The Morgan fingerprint density at radius 1 is 1.42 bits per heavy atom. The smallest absolute Gasteiger partial charge is 0.317 e. The first kappa shape index (κ1) is 17.4. The van der Waals surface area contributed by atoms with Crippen LogP contribution in [0.1, 0.15) is 27.2 Å². The van der Waals surface area contributed by atoms with Gasteiger partial charge in [-0.2, -0.15) is 0 Å². The summed E-state index contributed by atoms with van der Waals surface area (Å²) in [6.45, 7) is 10.7. The van der Waals surface area contributed by atoms with Crippen molar-refractivity contribution in [1.82, 2.24) is 10.2 Å². The van der Waals surface area contributed by atoms with E-state index < -0.39 is 5.97 Å². The van der Waals surface area contributed by atoms with Crippen LogP contribution in [0.4, 0.5) is 4.79 Å². The lowest BCUT2D eigenvalue weighted by Gasteiger charge is -2.26. The summed E-state index contributed by atoms with van der Waals surface area (Å²) in [4.78, 5) is 23.9. The first-order chi connectivity index (χ1) is 8.84. The molecular weight excluding hydrogens is 248 g/mol. The van der Waals surface area contributed by atoms with E-state index in [1.807, 2.05) is 20.8 Å². The SMILES string of the molecule is C=C(C)COCCNC(=O)N(CCC(=O)O)C(C)C. The molecule has 110 valence electrons. The van der Waals surface area contributed by atoms with Gasteiger partial charge in [0.25, 0.3) is 0 Å². The van der Waals surface area contributed by atoms with Gasteiger partial charge in [0.15, 0.2) is 0 Å². The van der Waals surface area contributed by atoms with Crippen LogP contribution in [0.5, 0.6) is 0 Å². The molecule has 0 aliphatic heterocycles. The first-order valence-corrected chi connectivity index (χ1v) is 6.33. The van der Waals surface area contributed by atoms with Gasteiger partial charge >= 0.3 is 12.0 Å². The van der Waals surface area contributed by atoms with E-state index >= 15 is 0 Å². The number of carbonyl (C=O) groups is 2. The molecule has 0 aliphatic rings. The Morgan fingerprint density at radius 2 is 2.05 bits per heavy atom. The summed E-state index contributed by atoms with van der Waals surface area (Å²) in [6, 6.07) is -0.314. The number of ether oxygens (including phenoxy) is 1. The summed E-state index contributed by atoms with van der Waals surface area (Å²) in [5.41, 5.74) is 0.927. The highest BCUT2D eigenvalue weighted by Crippen LogP contribution is 2.00. The molecule has 0 fully saturated rings. The normalized spacial score (nSPS) is 10.3. The van der Waals surface area contributed by atoms with E-state index in [9.17, 15) is 9.59 Å². The second kappa shape index (κ2) is 9.38. The summed E-state index contributed by atoms with van der Waals surface area (Å²) in [5, 5.41) is 11.3. The zero-order chi connectivity index (χ0) is 14.8. The maximum Gasteiger partial charge on any atom is 0.317 e. The van der Waals surface area contributed by atoms with Gasteiger partial charge < -0.3 is 20.1 Å². The molecule has 0 heterocycles. The van der Waals surface area contributed by atoms with Crippen molar-refractivity contribution in [2.75, 3.05) is 26.3 Å². The van der Waals surface area contributed by atoms with Gasteiger partial charge in [-0.1, -0.05) is 12.2 Å². The molecule has 0 saturated heterocycles. The highest BCUT2D eigenvalue weighted by Gasteiger charge is 2.17. The van der Waals surface area contributed by atoms with E-state index in [4.69, 9.17) is 9.84 Å². The molecule has 19 heavy (non-hydrogen) atoms. The molecule has 0 aromatic heterocycles. The number of rotatable bonds is 9. The number of nitrogens with zero attached hydrogens (tertiary/aromatic N) is 1. The molecule has 2 amide bonds. The molecule has 0 aliphatic carbocycles. The van der Waals surface area contributed by atoms with E-state index in [2.05, 4.69) is 11.9 Å². The van der Waals surface area contributed by atoms with E-state index in [0.717, 1.165) is 5.57 Å². The van der Waals surface area contributed by atoms with Crippen molar-refractivity contribution < 1.29 is 19.4 Å². The Balaban J connectivity index is 3.98. The molecule has 0 unspecified atom stereocenters. The predicted octanol–water partition coefficient (Wildman–Crippen LogP) is 1.47. The van der Waals surface area contributed by atoms with Crippen LogP contribution in [-0.2, 0) is 9.53 Å². The van der Waals surface area contributed by atoms with Gasteiger partial charge in [-0.3, -0.25) is 4.79 Å². The van der Waals surface area contributed by atoms with Crippen LogP contribution in [-0.4, -0.2) is 54.4 Å². The topological polar surface area (TPSA) is 78.9 Å². The van der Waals surface area contributed by atoms with Crippen LogP contribution in [0.25, 0.3) is 0 Å². The summed E-state index contributed by atoms with van der Waals surface area (Å²) >= 11 is 0. The quantitative estimate of drug-likeness (QED) is 0.492. The number of amides is 2. The lowest BCUT2D eigenvalue weighted by molar-refractivity contribution is -0.137. The van der Waals surface area contributed by atoms with E-state index in [0.29, 0.717) is 19.8 Å². The van der Waals surface area contributed by atoms with Crippen molar-refractivity contribution in [2.45, 2.75) is 33.2 Å². The van der Waals surface area contributed by atoms with E-state index in [1.165, 1.54) is 4.90 Å². The zero-order valence-corrected chi connectivity index (χ0v) is 11.9. The highest BCUT2D eigenvalue weighted by atomic mass is 16.5. The number of hydrogen-bond donors (Lipinski definition) is 2. The third kappa shape index (κ3) is 9.07. The van der Waals surface area contributed by atoms with Crippen LogP contribution < -0.4 is 5.32 Å². The fourth-order valence-corrected chi connectivity index (χ4v) is 1.39. The zero-order valence-electron chi connectivity index (χ0n) is 11.9. The molecular formula is C13H24N2O4. The van der Waals surface area contributed by atoms with Crippen LogP contribution in [0.3, 0.4) is 0 Å². The Morgan fingerprint density at radius 3 is 2.53 bits per heavy atom. The van der Waals surface area contributed by atoms with Crippen molar-refractivity contribution in [3.8, 4) is 0 Å². The van der Waals surface area contributed by atoms with Gasteiger partial charge in [0.1, 0.15) is 0 Å². The monoisotopic (exact) mass is 272 g/mol. The third-order valence-electron chi connectivity index (χ3n) is 2.32. The van der Waals surface area contributed by atoms with Gasteiger partial charge in [-0.05, 0) is 20.8 Å². The molecule has 0 saturated carbocycles. The second-order valence-corrected chi connectivity index (χ2v) is 4.67. The van der Waals surface area contributed by atoms with Crippen molar-refractivity contribution in [3.05, 3.63) is 12.2 Å². The van der Waals surface area contributed by atoms with Crippen molar-refractivity contribution in [2.24, 2.45) is 0 Å². The molecule has 0 bridgehead atoms. The Bertz CT molecular complexity index is 316. The van der Waals surface area contributed by atoms with Crippen molar-refractivity contribution >= 4 is 12.0 Å². The van der Waals surface area contributed by atoms with E-state index in [-0.39, 0.29) is 25.0 Å². The average molecular weight is 272 g/mol. The number of carboxylic acid groups (broad SMARTS) is 1. The minimum atomic E-state index is -0.914. The number of hydrogen-bond acceptors (Lipinski definition) is 3. The molecule has 0 rings (SSSR count). The van der Waals surface area contributed by atoms with Crippen LogP contribution >= 0.6 is 0 Å². The molecule has 0 aromatic rings. The number of urea groups is 1. The van der Waals surface area contributed by atoms with Crippen LogP contribution in [0.15, 0.2) is 12.2 Å². The average Bonchev–Trinajstić information content (AvgIpc) is 2.27. The molecule has 6 heteroatoms. The Labute approximate surface area is 114 Å². The molecule has 0 spiro atoms. The second-order valence-electron chi connectivity index (χ2n) is 4.67. The lowest BCUT2D eigenvalue weighted by atomic mass is 10.3. The van der Waals surface area contributed by atoms with Gasteiger partial charge in [-0.15, -0.1) is 0 Å². The molecule has 0 radical (unpaired) electrons. The molecule has 6 nitrogen and oxygen atoms in total. The summed E-state index contributed by atoms with van der Waals surface area (Å²) in [6.07, 6.45) is -0.0578. The number of carboxylic acids is 1. The fourth-order valence-electron chi connectivity index (χ4n) is 1.39. The Hall–Kier alpha value is -1.56. The number of aliphatic carboxylic acids is 1. The van der Waals surface area contributed by atoms with Gasteiger partial charge in [-0.25, -0.2) is 4.79 Å². The van der Waals surface area contributed by atoms with Crippen molar-refractivity contribution in [3.63, 3.8) is 0 Å². The van der Waals surface area contributed by atoms with Crippen molar-refractivity contribution in [1.29, 1.82) is 0 Å². The summed E-state index contributed by atoms with van der Waals surface area (Å²) in [5.74, 6) is -0.914. The first-order valence-electron chi connectivity index (χ1n) is 6.33. The maximum atomic E-state index is 11.8. The maximum absolute atomic E-state index is 11.8. The fraction of sp³-hybridized carbons (Fsp3) is 0.692. The molecule has 0 atom stereocenters. The lowest BCUT2D eigenvalue weighted by Crippen LogP contribution is -2.45. The standard InChI is InChI=1S/C13H24N2O4/c1-10(2)9-19-8-6-14-13(18)15(11(3)4)7-5-12(16)17/h11H,1,5-9H2,2-4H3,(H,14,18)(H,16,17). The summed E-state index contributed by atoms with van der Waals surface area (Å²) < 4.78 is 5.26. The predicted molar refractivity (Wildman–Crippen MR) is 73.1 cm³/mol. The number of nitrogens with one attached hydrogen (secondary N) is 1. The molecule has 2 N–H and O–H groups in total. The van der Waals surface area contributed by atoms with Crippen LogP contribution in [0.2, 0.25) is 0 Å². The third-order valence-corrected chi connectivity index (χ3v) is 2.32. The number of carbonyl (C=O) groups excluding carboxylic acids is 1. The minimum absolute atomic E-state index is 0.0457. The van der Waals surface area contributed by atoms with Crippen LogP contribution in [0, 0.1) is 0 Å². The highest BCUT2D eigenvalue weighted by molar-refractivity contribution is 5.75. The minimum Gasteiger partial charge on any atom is -0.481 e. The van der Waals surface area contributed by atoms with E-state index in [1.54, 1.807) is 0 Å². The van der Waals surface area contributed by atoms with Gasteiger partial charge in [0, 0.05) is 19.1 Å². The largest absolute Gasteiger partial charge is 0.481 e. The van der Waals surface area contributed by atoms with Gasteiger partial charge in [0.05, 0.1) is 19.6 Å². The summed E-state index contributed by atoms with van der Waals surface area (Å²) in [7, 11) is 0. The Kier molecular flexibility index (Phi) is 8.61.